The van der Waals surface area contributed by atoms with Crippen molar-refractivity contribution in [3.63, 3.8) is 0 Å². The number of ketones is 1. The summed E-state index contributed by atoms with van der Waals surface area (Å²) in [5.74, 6) is 1.13. The van der Waals surface area contributed by atoms with Gasteiger partial charge >= 0.3 is 0 Å². The summed E-state index contributed by atoms with van der Waals surface area (Å²) < 4.78 is 0. The second-order valence-corrected chi connectivity index (χ2v) is 9.77. The molecule has 0 bridgehead atoms. The number of nitrogen functional groups attached to an aromatic ring is 1. The number of anilines is 1. The molecule has 3 heteroatoms. The van der Waals surface area contributed by atoms with Crippen molar-refractivity contribution in [3.8, 4) is 0 Å². The minimum atomic E-state index is 0.167. The Bertz CT molecular complexity index is 788. The van der Waals surface area contributed by atoms with Crippen LogP contribution in [0.2, 0.25) is 0 Å². The van der Waals surface area contributed by atoms with Crippen molar-refractivity contribution in [2.24, 2.45) is 5.92 Å². The molecule has 0 aliphatic carbocycles. The smallest absolute Gasteiger partial charge is 0.126 e. The van der Waals surface area contributed by atoms with Crippen molar-refractivity contribution < 1.29 is 9.59 Å². The maximum Gasteiger partial charge on any atom is 0.126 e. The molecule has 0 saturated carbocycles. The highest BCUT2D eigenvalue weighted by atomic mass is 16.1. The normalized spacial score (nSPS) is 8.95. The number of unbranched alkanes of at least 4 members (excludes halogenated alkanes) is 1. The first-order valence-corrected chi connectivity index (χ1v) is 15.3. The topological polar surface area (TPSA) is 60.2 Å². The highest BCUT2D eigenvalue weighted by molar-refractivity contribution is 5.72. The minimum absolute atomic E-state index is 0.167. The summed E-state index contributed by atoms with van der Waals surface area (Å²) in [6, 6.07) is 14.8. The van der Waals surface area contributed by atoms with E-state index in [9.17, 15) is 9.59 Å². The molecule has 0 heterocycles. The van der Waals surface area contributed by atoms with Crippen LogP contribution in [0.25, 0.3) is 0 Å². The summed E-state index contributed by atoms with van der Waals surface area (Å²) in [6.07, 6.45) is 11.6. The Morgan fingerprint density at radius 1 is 0.821 bits per heavy atom. The molecule has 3 nitrogen and oxygen atoms in total. The molecule has 0 unspecified atom stereocenters. The van der Waals surface area contributed by atoms with Crippen LogP contribution in [0, 0.1) is 19.8 Å². The number of Topliss-reactive ketones (excluding diaryl/α,β-unsaturated/α-hetero) is 1. The number of carbonyl (C=O) groups is 2. The average Bonchev–Trinajstić information content (AvgIpc) is 2.90. The molecule has 0 aliphatic heterocycles. The average molecular weight is 544 g/mol. The summed E-state index contributed by atoms with van der Waals surface area (Å²) in [5, 5.41) is 0. The molecule has 226 valence electrons. The van der Waals surface area contributed by atoms with Gasteiger partial charge in [-0.2, -0.15) is 0 Å². The summed E-state index contributed by atoms with van der Waals surface area (Å²) in [6.45, 7) is 24.4. The monoisotopic (exact) mass is 544 g/mol. The van der Waals surface area contributed by atoms with Gasteiger partial charge in [-0.15, -0.1) is 0 Å². The van der Waals surface area contributed by atoms with Crippen LogP contribution in [-0.2, 0) is 22.4 Å². The first-order chi connectivity index (χ1) is 18.5. The van der Waals surface area contributed by atoms with Gasteiger partial charge in [-0.3, -0.25) is 0 Å². The van der Waals surface area contributed by atoms with Crippen LogP contribution in [0.3, 0.4) is 0 Å². The molecule has 0 saturated heterocycles. The molecule has 39 heavy (non-hydrogen) atoms. The Morgan fingerprint density at radius 2 is 1.33 bits per heavy atom. The van der Waals surface area contributed by atoms with Crippen LogP contribution in [-0.4, -0.2) is 12.1 Å². The zero-order valence-corrected chi connectivity index (χ0v) is 28.0. The Kier molecular flexibility index (Phi) is 37.6. The van der Waals surface area contributed by atoms with Gasteiger partial charge in [0.15, 0.2) is 0 Å². The third kappa shape index (κ3) is 33.6. The number of benzene rings is 2. The second-order valence-electron chi connectivity index (χ2n) is 9.77. The van der Waals surface area contributed by atoms with Crippen molar-refractivity contribution in [2.75, 3.05) is 5.73 Å². The Morgan fingerprint density at radius 3 is 1.64 bits per heavy atom. The number of nitrogens with two attached hydrogens (primary N) is 1. The number of aryl methyl sites for hydroxylation is 4. The maximum absolute atomic E-state index is 9.44. The number of rotatable bonds is 9. The lowest BCUT2D eigenvalue weighted by Gasteiger charge is -2.05. The molecule has 0 aliphatic rings. The largest absolute Gasteiger partial charge is 0.399 e. The van der Waals surface area contributed by atoms with E-state index in [1.54, 1.807) is 0 Å². The predicted molar refractivity (Wildman–Crippen MR) is 178 cm³/mol. The number of hydrogen-bond acceptors (Lipinski definition) is 3. The zero-order chi connectivity index (χ0) is 31.1. The van der Waals surface area contributed by atoms with Gasteiger partial charge in [0.2, 0.25) is 0 Å². The van der Waals surface area contributed by atoms with Gasteiger partial charge in [0.1, 0.15) is 12.1 Å². The summed E-state index contributed by atoms with van der Waals surface area (Å²) in [4.78, 5) is 18.8. The molecule has 0 spiro atoms. The van der Waals surface area contributed by atoms with E-state index >= 15 is 0 Å². The van der Waals surface area contributed by atoms with Crippen LogP contribution in [0.15, 0.2) is 42.5 Å². The van der Waals surface area contributed by atoms with Gasteiger partial charge in [-0.25, -0.2) is 0 Å². The van der Waals surface area contributed by atoms with E-state index in [1.807, 2.05) is 27.7 Å². The van der Waals surface area contributed by atoms with Gasteiger partial charge in [-0.05, 0) is 81.2 Å². The fourth-order valence-corrected chi connectivity index (χ4v) is 3.39. The first-order valence-electron chi connectivity index (χ1n) is 15.3. The van der Waals surface area contributed by atoms with Gasteiger partial charge in [0.05, 0.1) is 0 Å². The lowest BCUT2D eigenvalue weighted by atomic mass is 10.0. The highest BCUT2D eigenvalue weighted by Crippen LogP contribution is 2.14. The Hall–Kier alpha value is -2.42. The molecule has 2 aromatic carbocycles. The Labute approximate surface area is 244 Å². The fraction of sp³-hybridized carbons (Fsp3) is 0.611. The van der Waals surface area contributed by atoms with E-state index in [2.05, 4.69) is 84.0 Å². The minimum Gasteiger partial charge on any atom is -0.399 e. The van der Waals surface area contributed by atoms with Gasteiger partial charge in [-0.1, -0.05) is 124 Å². The quantitative estimate of drug-likeness (QED) is 0.253. The van der Waals surface area contributed by atoms with Crippen LogP contribution in [0.1, 0.15) is 136 Å². The summed E-state index contributed by atoms with van der Waals surface area (Å²) >= 11 is 0. The lowest BCUT2D eigenvalue weighted by molar-refractivity contribution is -0.115. The zero-order valence-electron chi connectivity index (χ0n) is 28.0. The first kappa shape index (κ1) is 43.6. The van der Waals surface area contributed by atoms with Gasteiger partial charge in [0, 0.05) is 12.1 Å². The number of carbonyl (C=O) groups excluding carboxylic acids is 2. The maximum atomic E-state index is 9.44. The van der Waals surface area contributed by atoms with Crippen LogP contribution < -0.4 is 5.73 Å². The van der Waals surface area contributed by atoms with Crippen LogP contribution >= 0.6 is 0 Å². The SMILES string of the molecule is CC.CC(C)=O.CCCC(C)CCC.CCCC=O.CCCc1ccc(C)c(N)c1.CCc1ccccc1C. The lowest BCUT2D eigenvalue weighted by Crippen LogP contribution is -1.91. The molecule has 2 aromatic rings. The molecule has 0 fully saturated rings. The fourth-order valence-electron chi connectivity index (χ4n) is 3.39. The highest BCUT2D eigenvalue weighted by Gasteiger charge is 1.96. The molecule has 2 N–H and O–H groups in total. The Balaban J connectivity index is -0.000000201. The summed E-state index contributed by atoms with van der Waals surface area (Å²) in [5.41, 5.74) is 12.0. The van der Waals surface area contributed by atoms with E-state index < -0.39 is 0 Å². The molecule has 2 rings (SSSR count). The molecule has 0 radical (unpaired) electrons. The van der Waals surface area contributed by atoms with Gasteiger partial charge < -0.3 is 15.3 Å². The van der Waals surface area contributed by atoms with E-state index in [0.29, 0.717) is 6.42 Å². The third-order valence-corrected chi connectivity index (χ3v) is 5.49. The van der Waals surface area contributed by atoms with Crippen molar-refractivity contribution in [3.05, 3.63) is 64.7 Å². The van der Waals surface area contributed by atoms with Crippen LogP contribution in [0.5, 0.6) is 0 Å². The molecular formula is C36H65NO2. The van der Waals surface area contributed by atoms with E-state index in [4.69, 9.17) is 5.73 Å². The molecule has 0 aromatic heterocycles. The van der Waals surface area contributed by atoms with E-state index in [0.717, 1.165) is 37.2 Å². The van der Waals surface area contributed by atoms with Crippen molar-refractivity contribution >= 4 is 17.8 Å². The number of aldehydes is 1. The van der Waals surface area contributed by atoms with Gasteiger partial charge in [0.25, 0.3) is 0 Å². The van der Waals surface area contributed by atoms with E-state index in [1.165, 1.54) is 68.2 Å². The second kappa shape index (κ2) is 33.6. The van der Waals surface area contributed by atoms with Crippen molar-refractivity contribution in [1.82, 2.24) is 0 Å². The van der Waals surface area contributed by atoms with Crippen molar-refractivity contribution in [1.29, 1.82) is 0 Å². The molecule has 0 atom stereocenters. The molecule has 0 amide bonds. The predicted octanol–water partition coefficient (Wildman–Crippen LogP) is 10.9. The summed E-state index contributed by atoms with van der Waals surface area (Å²) in [7, 11) is 0. The van der Waals surface area contributed by atoms with E-state index in [-0.39, 0.29) is 5.78 Å². The van der Waals surface area contributed by atoms with Crippen molar-refractivity contribution in [2.45, 2.75) is 141 Å². The number of hydrogen-bond donors (Lipinski definition) is 1. The molecular weight excluding hydrogens is 478 g/mol. The standard InChI is InChI=1S/C10H15N.C9H12.C8H18.C4H8O.C3H6O.C2H6/c1-3-4-9-6-5-8(2)10(11)7-9;1-3-9-7-5-4-6-8(9)2;1-4-6-8(3)7-5-2;1-2-3-4-5;1-3(2)4;1-2/h5-7H,3-4,11H2,1-2H3;4-7H,3H2,1-2H3;8H,4-7H2,1-3H3;4H,2-3H2,1H3;1-2H3;1-2H3. The third-order valence-electron chi connectivity index (χ3n) is 5.49. The van der Waals surface area contributed by atoms with Crippen LogP contribution in [0.4, 0.5) is 5.69 Å².